The first-order chi connectivity index (χ1) is 12.3. The first-order valence-corrected chi connectivity index (χ1v) is 8.92. The van der Waals surface area contributed by atoms with Crippen LogP contribution in [0, 0.1) is 0 Å². The Hall–Kier alpha value is -1.70. The van der Waals surface area contributed by atoms with Crippen LogP contribution < -0.4 is 10.2 Å². The second-order valence-corrected chi connectivity index (χ2v) is 6.44. The summed E-state index contributed by atoms with van der Waals surface area (Å²) in [5, 5.41) is 20.9. The molecule has 2 atom stereocenters. The van der Waals surface area contributed by atoms with Crippen molar-refractivity contribution in [2.45, 2.75) is 52.4 Å². The minimum atomic E-state index is -1.12. The van der Waals surface area contributed by atoms with Crippen molar-refractivity contribution < 1.29 is 47.1 Å². The first-order valence-electron chi connectivity index (χ1n) is 8.92. The Morgan fingerprint density at radius 3 is 1.15 bits per heavy atom. The Morgan fingerprint density at radius 2 is 0.963 bits per heavy atom. The predicted octanol–water partition coefficient (Wildman–Crippen LogP) is 3.12. The van der Waals surface area contributed by atoms with Crippen molar-refractivity contribution in [1.82, 2.24) is 0 Å². The van der Waals surface area contributed by atoms with Gasteiger partial charge in [0.25, 0.3) is 0 Å². The molecule has 0 saturated carbocycles. The van der Waals surface area contributed by atoms with Crippen molar-refractivity contribution in [3.05, 3.63) is 70.8 Å². The number of carbonyl (C=O) groups is 2. The van der Waals surface area contributed by atoms with Gasteiger partial charge in [0.2, 0.25) is 0 Å². The molecule has 2 rings (SSSR count). The molecule has 2 aromatic rings. The summed E-state index contributed by atoms with van der Waals surface area (Å²) in [7, 11) is 0. The maximum absolute atomic E-state index is 10.4. The summed E-state index contributed by atoms with van der Waals surface area (Å²) in [6.07, 6.45) is 2.12. The summed E-state index contributed by atoms with van der Waals surface area (Å²) < 4.78 is 0. The molecule has 2 aromatic carbocycles. The van der Waals surface area contributed by atoms with E-state index in [2.05, 4.69) is 27.7 Å². The van der Waals surface area contributed by atoms with Gasteiger partial charge in [-0.15, -0.1) is 0 Å². The van der Waals surface area contributed by atoms with Crippen LogP contribution in [0.25, 0.3) is 0 Å². The van der Waals surface area contributed by atoms with Crippen LogP contribution in [0.15, 0.2) is 48.5 Å². The molecule has 0 saturated heterocycles. The smallest absolute Gasteiger partial charge is 0.545 e. The molecule has 0 aliphatic carbocycles. The van der Waals surface area contributed by atoms with Gasteiger partial charge in [-0.1, -0.05) is 76.2 Å². The van der Waals surface area contributed by atoms with Crippen molar-refractivity contribution in [3.63, 3.8) is 0 Å². The van der Waals surface area contributed by atoms with Gasteiger partial charge < -0.3 is 19.8 Å². The summed E-state index contributed by atoms with van der Waals surface area (Å²) in [4.78, 5) is 20.9. The van der Waals surface area contributed by atoms with Crippen LogP contribution in [0.3, 0.4) is 0 Å². The third kappa shape index (κ3) is 8.24. The Bertz CT molecular complexity index is 645. The topological polar surface area (TPSA) is 80.3 Å². The van der Waals surface area contributed by atoms with Gasteiger partial charge in [0.05, 0.1) is 11.9 Å². The van der Waals surface area contributed by atoms with Crippen molar-refractivity contribution in [2.75, 3.05) is 0 Å². The summed E-state index contributed by atoms with van der Waals surface area (Å²) in [6, 6.07) is 13.8. The van der Waals surface area contributed by atoms with Crippen molar-refractivity contribution in [1.29, 1.82) is 0 Å². The van der Waals surface area contributed by atoms with E-state index in [4.69, 9.17) is 0 Å². The first kappa shape index (κ1) is 25.3. The van der Waals surface area contributed by atoms with Crippen LogP contribution in [-0.4, -0.2) is 11.9 Å². The summed E-state index contributed by atoms with van der Waals surface area (Å²) in [5.41, 5.74) is 2.83. The maximum atomic E-state index is 10.4. The molecule has 5 heteroatoms. The van der Waals surface area contributed by atoms with Gasteiger partial charge in [-0.25, -0.2) is 0 Å². The van der Waals surface area contributed by atoms with Crippen molar-refractivity contribution in [3.8, 4) is 0 Å². The quantitative estimate of drug-likeness (QED) is 0.613. The molecule has 140 valence electrons. The molecule has 0 spiro atoms. The predicted molar refractivity (Wildman–Crippen MR) is 99.0 cm³/mol. The van der Waals surface area contributed by atoms with E-state index in [1.807, 2.05) is 24.3 Å². The monoisotopic (exact) mass is 468 g/mol. The van der Waals surface area contributed by atoms with E-state index in [0.717, 1.165) is 12.8 Å². The number of carboxylic acids is 2. The summed E-state index contributed by atoms with van der Waals surface area (Å²) >= 11 is 0. The zero-order valence-corrected chi connectivity index (χ0v) is 20.6. The molecule has 0 amide bonds. The minimum absolute atomic E-state index is 0. The summed E-state index contributed by atoms with van der Waals surface area (Å²) in [5.74, 6) is -1.27. The van der Waals surface area contributed by atoms with Gasteiger partial charge in [-0.3, -0.25) is 0 Å². The third-order valence-electron chi connectivity index (χ3n) is 4.66. The molecular formula is C22H26CdO4. The molecule has 0 bridgehead atoms. The van der Waals surface area contributed by atoms with E-state index >= 15 is 0 Å². The van der Waals surface area contributed by atoms with E-state index in [1.54, 1.807) is 24.3 Å². The Kier molecular flexibility index (Phi) is 11.9. The molecule has 0 radical (unpaired) electrons. The number of benzene rings is 2. The molecule has 0 aliphatic heterocycles. The fourth-order valence-corrected chi connectivity index (χ4v) is 2.37. The van der Waals surface area contributed by atoms with Gasteiger partial charge in [0, 0.05) is 0 Å². The SMILES string of the molecule is CCC(C)c1ccc(C(=O)[O-])cc1.CCC(C)c1ccc(C(=O)[O-])cc1.[Cd+2]. The van der Waals surface area contributed by atoms with Gasteiger partial charge in [-0.05, 0) is 46.9 Å². The molecule has 0 heterocycles. The van der Waals surface area contributed by atoms with Gasteiger partial charge in [0.1, 0.15) is 0 Å². The fourth-order valence-electron chi connectivity index (χ4n) is 2.37. The normalized spacial score (nSPS) is 12.0. The zero-order valence-electron chi connectivity index (χ0n) is 16.5. The maximum Gasteiger partial charge on any atom is 2.00 e. The Labute approximate surface area is 181 Å². The number of aromatic carboxylic acids is 2. The van der Waals surface area contributed by atoms with Crippen LogP contribution in [0.4, 0.5) is 0 Å². The number of carbonyl (C=O) groups excluding carboxylic acids is 2. The standard InChI is InChI=1S/2C11H14O2.Cd/c2*1-3-8(2)9-4-6-10(7-5-9)11(12)13;/h2*4-8H,3H2,1-2H3,(H,12,13);/q;;+2/p-2. The van der Waals surface area contributed by atoms with E-state index in [1.165, 1.54) is 11.1 Å². The van der Waals surface area contributed by atoms with E-state index in [0.29, 0.717) is 11.8 Å². The zero-order chi connectivity index (χ0) is 19.7. The largest absolute Gasteiger partial charge is 2.00 e. The molecule has 0 fully saturated rings. The van der Waals surface area contributed by atoms with Crippen LogP contribution in [0.5, 0.6) is 0 Å². The fraction of sp³-hybridized carbons (Fsp3) is 0.364. The number of hydrogen-bond donors (Lipinski definition) is 0. The molecule has 0 aliphatic rings. The third-order valence-corrected chi connectivity index (χ3v) is 4.66. The van der Waals surface area contributed by atoms with E-state index in [9.17, 15) is 19.8 Å². The second-order valence-electron chi connectivity index (χ2n) is 6.44. The van der Waals surface area contributed by atoms with Crippen LogP contribution in [0.2, 0.25) is 0 Å². The Morgan fingerprint density at radius 1 is 0.704 bits per heavy atom. The summed E-state index contributed by atoms with van der Waals surface area (Å²) in [6.45, 7) is 8.46. The van der Waals surface area contributed by atoms with Crippen molar-refractivity contribution >= 4 is 11.9 Å². The van der Waals surface area contributed by atoms with E-state index < -0.39 is 11.9 Å². The molecular weight excluding hydrogens is 441 g/mol. The van der Waals surface area contributed by atoms with Gasteiger partial charge in [-0.2, -0.15) is 0 Å². The van der Waals surface area contributed by atoms with Gasteiger partial charge in [0.15, 0.2) is 0 Å². The second kappa shape index (κ2) is 12.6. The molecule has 0 N–H and O–H groups in total. The van der Waals surface area contributed by atoms with Gasteiger partial charge >= 0.3 is 27.3 Å². The Balaban J connectivity index is 0.000000483. The number of carboxylic acid groups (broad SMARTS) is 2. The molecule has 0 aromatic heterocycles. The average molecular weight is 467 g/mol. The molecule has 2 unspecified atom stereocenters. The number of rotatable bonds is 6. The molecule has 4 nitrogen and oxygen atoms in total. The van der Waals surface area contributed by atoms with Crippen LogP contribution in [-0.2, 0) is 27.3 Å². The molecule has 27 heavy (non-hydrogen) atoms. The average Bonchev–Trinajstić information content (AvgIpc) is 2.67. The van der Waals surface area contributed by atoms with E-state index in [-0.39, 0.29) is 38.4 Å². The van der Waals surface area contributed by atoms with Crippen molar-refractivity contribution in [2.24, 2.45) is 0 Å². The minimum Gasteiger partial charge on any atom is -0.545 e. The van der Waals surface area contributed by atoms with Crippen LogP contribution >= 0.6 is 0 Å². The number of hydrogen-bond acceptors (Lipinski definition) is 4. The van der Waals surface area contributed by atoms with Crippen LogP contribution in [0.1, 0.15) is 84.2 Å².